The van der Waals surface area contributed by atoms with E-state index in [0.717, 1.165) is 5.56 Å². The second-order valence-corrected chi connectivity index (χ2v) is 8.40. The van der Waals surface area contributed by atoms with Crippen molar-refractivity contribution in [2.45, 2.75) is 13.5 Å². The van der Waals surface area contributed by atoms with Crippen molar-refractivity contribution in [2.24, 2.45) is 0 Å². The van der Waals surface area contributed by atoms with Gasteiger partial charge in [0.05, 0.1) is 29.4 Å². The van der Waals surface area contributed by atoms with Gasteiger partial charge in [-0.1, -0.05) is 46.9 Å². The van der Waals surface area contributed by atoms with Crippen LogP contribution in [0.5, 0.6) is 17.2 Å². The third-order valence-electron chi connectivity index (χ3n) is 4.73. The second kappa shape index (κ2) is 12.4. The van der Waals surface area contributed by atoms with Crippen LogP contribution in [0.1, 0.15) is 18.1 Å². The van der Waals surface area contributed by atoms with Crippen LogP contribution in [-0.4, -0.2) is 19.6 Å². The van der Waals surface area contributed by atoms with E-state index in [-0.39, 0.29) is 12.2 Å². The molecule has 0 unspecified atom stereocenters. The normalized spacial score (nSPS) is 10.9. The number of nitrogens with one attached hydrogen (secondary N) is 1. The van der Waals surface area contributed by atoms with Gasteiger partial charge in [0.25, 0.3) is 5.91 Å². The molecule has 1 N–H and O–H groups in total. The lowest BCUT2D eigenvalue weighted by atomic mass is 10.1. The highest BCUT2D eigenvalue weighted by molar-refractivity contribution is 6.42. The monoisotopic (exact) mass is 530 g/mol. The average Bonchev–Trinajstić information content (AvgIpc) is 2.84. The fourth-order valence-electron chi connectivity index (χ4n) is 3.08. The van der Waals surface area contributed by atoms with E-state index < -0.39 is 5.91 Å². The number of hydrogen-bond donors (Lipinski definition) is 1. The predicted molar refractivity (Wildman–Crippen MR) is 139 cm³/mol. The fraction of sp³-hybridized carbons (Fsp3) is 0.154. The maximum atomic E-state index is 12.7. The average molecular weight is 532 g/mol. The summed E-state index contributed by atoms with van der Waals surface area (Å²) in [4.78, 5) is 12.7. The lowest BCUT2D eigenvalue weighted by Gasteiger charge is -2.13. The number of ether oxygens (including phenoxy) is 3. The number of carbonyl (C=O) groups excluding carboxylic acids is 1. The zero-order valence-corrected chi connectivity index (χ0v) is 21.2. The van der Waals surface area contributed by atoms with Gasteiger partial charge in [-0.15, -0.1) is 0 Å². The molecule has 9 heteroatoms. The number of anilines is 1. The van der Waals surface area contributed by atoms with Gasteiger partial charge in [-0.2, -0.15) is 5.26 Å². The van der Waals surface area contributed by atoms with Crippen LogP contribution in [0.15, 0.2) is 60.2 Å². The van der Waals surface area contributed by atoms with E-state index in [1.54, 1.807) is 48.5 Å². The Morgan fingerprint density at radius 1 is 0.971 bits per heavy atom. The first kappa shape index (κ1) is 26.2. The van der Waals surface area contributed by atoms with Gasteiger partial charge in [0, 0.05) is 5.02 Å². The topological polar surface area (TPSA) is 80.6 Å². The van der Waals surface area contributed by atoms with Crippen LogP contribution in [0.3, 0.4) is 0 Å². The molecule has 0 radical (unpaired) electrons. The van der Waals surface area contributed by atoms with Crippen molar-refractivity contribution in [3.8, 4) is 23.3 Å². The van der Waals surface area contributed by atoms with Crippen molar-refractivity contribution in [3.63, 3.8) is 0 Å². The molecule has 0 aliphatic carbocycles. The highest BCUT2D eigenvalue weighted by atomic mass is 35.5. The summed E-state index contributed by atoms with van der Waals surface area (Å²) in [5.41, 5.74) is 1.66. The van der Waals surface area contributed by atoms with E-state index in [1.165, 1.54) is 13.2 Å². The Hall–Kier alpha value is -3.37. The van der Waals surface area contributed by atoms with Crippen LogP contribution in [0.4, 0.5) is 5.69 Å². The molecule has 0 spiro atoms. The number of nitrogens with zero attached hydrogens (tertiary/aromatic N) is 1. The zero-order valence-electron chi connectivity index (χ0n) is 18.9. The molecule has 3 rings (SSSR count). The Labute approximate surface area is 218 Å². The number of carbonyl (C=O) groups is 1. The van der Waals surface area contributed by atoms with Crippen molar-refractivity contribution in [2.75, 3.05) is 19.0 Å². The quantitative estimate of drug-likeness (QED) is 0.234. The summed E-state index contributed by atoms with van der Waals surface area (Å²) in [6, 6.07) is 17.1. The molecule has 3 aromatic carbocycles. The minimum Gasteiger partial charge on any atom is -0.495 e. The highest BCUT2D eigenvalue weighted by Gasteiger charge is 2.14. The molecule has 3 aromatic rings. The first-order valence-corrected chi connectivity index (χ1v) is 11.6. The Balaban J connectivity index is 1.81. The van der Waals surface area contributed by atoms with Gasteiger partial charge >= 0.3 is 0 Å². The summed E-state index contributed by atoms with van der Waals surface area (Å²) in [5.74, 6) is 0.783. The van der Waals surface area contributed by atoms with Gasteiger partial charge < -0.3 is 19.5 Å². The van der Waals surface area contributed by atoms with Crippen LogP contribution in [0.2, 0.25) is 15.1 Å². The lowest BCUT2D eigenvalue weighted by Crippen LogP contribution is -2.14. The van der Waals surface area contributed by atoms with Gasteiger partial charge in [-0.25, -0.2) is 0 Å². The minimum atomic E-state index is -0.606. The maximum Gasteiger partial charge on any atom is 0.266 e. The highest BCUT2D eigenvalue weighted by Crippen LogP contribution is 2.32. The second-order valence-electron chi connectivity index (χ2n) is 7.14. The molecule has 6 nitrogen and oxygen atoms in total. The van der Waals surface area contributed by atoms with Crippen molar-refractivity contribution < 1.29 is 19.0 Å². The van der Waals surface area contributed by atoms with Crippen molar-refractivity contribution in [1.82, 2.24) is 0 Å². The van der Waals surface area contributed by atoms with Crippen LogP contribution >= 0.6 is 34.8 Å². The molecule has 0 aliphatic rings. The first-order chi connectivity index (χ1) is 16.8. The smallest absolute Gasteiger partial charge is 0.266 e. The van der Waals surface area contributed by atoms with Crippen LogP contribution in [-0.2, 0) is 11.4 Å². The summed E-state index contributed by atoms with van der Waals surface area (Å²) < 4.78 is 16.8. The van der Waals surface area contributed by atoms with E-state index in [0.29, 0.717) is 50.2 Å². The molecule has 0 saturated carbocycles. The molecule has 0 aromatic heterocycles. The number of hydrogen-bond acceptors (Lipinski definition) is 5. The number of benzene rings is 3. The molecule has 0 heterocycles. The summed E-state index contributed by atoms with van der Waals surface area (Å²) in [5, 5.41) is 13.6. The Morgan fingerprint density at radius 2 is 1.74 bits per heavy atom. The number of methoxy groups -OCH3 is 1. The third-order valence-corrected chi connectivity index (χ3v) is 5.71. The molecular weight excluding hydrogens is 511 g/mol. The standard InChI is InChI=1S/C26H21Cl3N2O4/c1-3-34-25-12-16(5-8-24(25)35-15-17-4-7-20(28)21(29)11-17)10-18(14-30)26(32)31-22-13-19(27)6-9-23(22)33-2/h4-13H,3,15H2,1-2H3,(H,31,32)/b18-10+. The largest absolute Gasteiger partial charge is 0.495 e. The van der Waals surface area contributed by atoms with E-state index in [1.807, 2.05) is 19.1 Å². The number of rotatable bonds is 9. The van der Waals surface area contributed by atoms with Crippen LogP contribution < -0.4 is 19.5 Å². The number of amides is 1. The maximum absolute atomic E-state index is 12.7. The Morgan fingerprint density at radius 3 is 2.43 bits per heavy atom. The van der Waals surface area contributed by atoms with Crippen molar-refractivity contribution in [1.29, 1.82) is 5.26 Å². The Bertz CT molecular complexity index is 1300. The van der Waals surface area contributed by atoms with Crippen molar-refractivity contribution in [3.05, 3.63) is 86.4 Å². The summed E-state index contributed by atoms with van der Waals surface area (Å²) in [6.07, 6.45) is 1.46. The van der Waals surface area contributed by atoms with Gasteiger partial charge in [0.1, 0.15) is 24.0 Å². The van der Waals surface area contributed by atoms with Gasteiger partial charge in [-0.3, -0.25) is 4.79 Å². The van der Waals surface area contributed by atoms with Gasteiger partial charge in [0.15, 0.2) is 11.5 Å². The third kappa shape index (κ3) is 7.06. The van der Waals surface area contributed by atoms with Gasteiger partial charge in [-0.05, 0) is 66.6 Å². The lowest BCUT2D eigenvalue weighted by molar-refractivity contribution is -0.112. The van der Waals surface area contributed by atoms with Gasteiger partial charge in [0.2, 0.25) is 0 Å². The Kier molecular flexibility index (Phi) is 9.27. The minimum absolute atomic E-state index is 0.112. The van der Waals surface area contributed by atoms with E-state index in [2.05, 4.69) is 5.32 Å². The molecule has 0 aliphatic heterocycles. The van der Waals surface area contributed by atoms with E-state index >= 15 is 0 Å². The van der Waals surface area contributed by atoms with E-state index in [9.17, 15) is 10.1 Å². The molecule has 180 valence electrons. The van der Waals surface area contributed by atoms with Crippen LogP contribution in [0, 0.1) is 11.3 Å². The number of nitriles is 1. The summed E-state index contributed by atoms with van der Waals surface area (Å²) in [6.45, 7) is 2.49. The molecule has 35 heavy (non-hydrogen) atoms. The summed E-state index contributed by atoms with van der Waals surface area (Å²) in [7, 11) is 1.47. The fourth-order valence-corrected chi connectivity index (χ4v) is 3.57. The molecular formula is C26H21Cl3N2O4. The zero-order chi connectivity index (χ0) is 25.4. The molecule has 1 amide bonds. The van der Waals surface area contributed by atoms with Crippen LogP contribution in [0.25, 0.3) is 6.08 Å². The number of halogens is 3. The molecule has 0 saturated heterocycles. The molecule has 0 atom stereocenters. The molecule has 0 bridgehead atoms. The predicted octanol–water partition coefficient (Wildman–Crippen LogP) is 7.18. The summed E-state index contributed by atoms with van der Waals surface area (Å²) >= 11 is 18.0. The molecule has 0 fully saturated rings. The van der Waals surface area contributed by atoms with E-state index in [4.69, 9.17) is 49.0 Å². The first-order valence-electron chi connectivity index (χ1n) is 10.4. The van der Waals surface area contributed by atoms with Crippen molar-refractivity contribution >= 4 is 52.5 Å². The SMILES string of the molecule is CCOc1cc(/C=C(\C#N)C(=O)Nc2cc(Cl)ccc2OC)ccc1OCc1ccc(Cl)c(Cl)c1.